The molecule has 2 rings (SSSR count). The number of hydrogen-bond donors (Lipinski definition) is 0. The highest BCUT2D eigenvalue weighted by atomic mass is 16.1. The molecule has 96 valence electrons. The summed E-state index contributed by atoms with van der Waals surface area (Å²) in [6.07, 6.45) is 3.22. The summed E-state index contributed by atoms with van der Waals surface area (Å²) in [5, 5.41) is 0. The smallest absolute Gasteiger partial charge is 0.150 e. The highest BCUT2D eigenvalue weighted by molar-refractivity contribution is 5.87. The molecule has 1 aliphatic rings. The van der Waals surface area contributed by atoms with E-state index in [-0.39, 0.29) is 5.54 Å². The largest absolute Gasteiger partial charge is 0.363 e. The van der Waals surface area contributed by atoms with Gasteiger partial charge in [-0.1, -0.05) is 6.08 Å². The number of likely N-dealkylation sites (N-methyl/N-ethyl adjacent to an activating group) is 1. The van der Waals surface area contributed by atoms with Crippen molar-refractivity contribution in [2.24, 2.45) is 0 Å². The Labute approximate surface area is 109 Å². The summed E-state index contributed by atoms with van der Waals surface area (Å²) in [6.45, 7) is 11.7. The van der Waals surface area contributed by atoms with Crippen molar-refractivity contribution in [1.82, 2.24) is 0 Å². The number of carbonyl (C=O) groups excluding carboxylic acids is 1. The van der Waals surface area contributed by atoms with Crippen LogP contribution in [0.15, 0.2) is 18.2 Å². The molecule has 0 unspecified atom stereocenters. The minimum Gasteiger partial charge on any atom is -0.363 e. The van der Waals surface area contributed by atoms with Gasteiger partial charge in [-0.3, -0.25) is 4.79 Å². The average molecular weight is 243 g/mol. The zero-order valence-electron chi connectivity index (χ0n) is 11.9. The lowest BCUT2D eigenvalue weighted by molar-refractivity contribution is 0.112. The summed E-state index contributed by atoms with van der Waals surface area (Å²) in [4.78, 5) is 13.5. The highest BCUT2D eigenvalue weighted by Crippen LogP contribution is 2.39. The Hall–Kier alpha value is -1.57. The molecule has 1 aromatic rings. The summed E-state index contributed by atoms with van der Waals surface area (Å²) in [5.41, 5.74) is 5.54. The van der Waals surface area contributed by atoms with E-state index >= 15 is 0 Å². The Morgan fingerprint density at radius 1 is 1.28 bits per heavy atom. The van der Waals surface area contributed by atoms with Gasteiger partial charge in [-0.05, 0) is 57.9 Å². The zero-order valence-corrected chi connectivity index (χ0v) is 11.9. The molecule has 2 nitrogen and oxygen atoms in total. The Morgan fingerprint density at radius 3 is 2.50 bits per heavy atom. The maximum Gasteiger partial charge on any atom is 0.150 e. The van der Waals surface area contributed by atoms with Crippen LogP contribution in [0.25, 0.3) is 5.57 Å². The van der Waals surface area contributed by atoms with E-state index in [1.807, 2.05) is 13.0 Å². The van der Waals surface area contributed by atoms with E-state index in [4.69, 9.17) is 0 Å². The van der Waals surface area contributed by atoms with Crippen molar-refractivity contribution < 1.29 is 4.79 Å². The molecule has 0 aromatic heterocycles. The maximum absolute atomic E-state index is 11.1. The molecular formula is C16H21NO. The van der Waals surface area contributed by atoms with Gasteiger partial charge in [-0.25, -0.2) is 0 Å². The zero-order chi connectivity index (χ0) is 13.5. The second-order valence-corrected chi connectivity index (χ2v) is 5.57. The third-order valence-corrected chi connectivity index (χ3v) is 3.81. The topological polar surface area (TPSA) is 20.3 Å². The van der Waals surface area contributed by atoms with Crippen LogP contribution in [-0.4, -0.2) is 18.4 Å². The van der Waals surface area contributed by atoms with Crippen molar-refractivity contribution in [1.29, 1.82) is 0 Å². The monoisotopic (exact) mass is 243 g/mol. The SMILES string of the molecule is CCN1c2cc(C)c(C=O)cc2C(C)=CC1(C)C. The quantitative estimate of drug-likeness (QED) is 0.736. The lowest BCUT2D eigenvalue weighted by atomic mass is 9.87. The molecule has 0 aliphatic carbocycles. The van der Waals surface area contributed by atoms with Crippen molar-refractivity contribution in [3.05, 3.63) is 34.9 Å². The number of aldehydes is 1. The third-order valence-electron chi connectivity index (χ3n) is 3.81. The summed E-state index contributed by atoms with van der Waals surface area (Å²) in [6, 6.07) is 4.15. The van der Waals surface area contributed by atoms with Crippen molar-refractivity contribution in [2.45, 2.75) is 40.2 Å². The van der Waals surface area contributed by atoms with Crippen LogP contribution in [0.5, 0.6) is 0 Å². The predicted octanol–water partition coefficient (Wildman–Crippen LogP) is 3.83. The Balaban J connectivity index is 2.70. The number of allylic oxidation sites excluding steroid dienone is 1. The molecule has 0 N–H and O–H groups in total. The van der Waals surface area contributed by atoms with Gasteiger partial charge in [0.25, 0.3) is 0 Å². The van der Waals surface area contributed by atoms with Crippen LogP contribution in [-0.2, 0) is 0 Å². The van der Waals surface area contributed by atoms with Gasteiger partial charge >= 0.3 is 0 Å². The summed E-state index contributed by atoms with van der Waals surface area (Å²) in [5.74, 6) is 0. The second kappa shape index (κ2) is 4.27. The molecule has 0 fully saturated rings. The van der Waals surface area contributed by atoms with Crippen LogP contribution in [0.1, 0.15) is 49.2 Å². The van der Waals surface area contributed by atoms with Crippen LogP contribution in [0.4, 0.5) is 5.69 Å². The number of nitrogens with zero attached hydrogens (tertiary/aromatic N) is 1. The van der Waals surface area contributed by atoms with E-state index in [0.717, 1.165) is 24.0 Å². The Morgan fingerprint density at radius 2 is 1.94 bits per heavy atom. The first-order chi connectivity index (χ1) is 8.40. The van der Waals surface area contributed by atoms with Crippen LogP contribution in [0.2, 0.25) is 0 Å². The maximum atomic E-state index is 11.1. The van der Waals surface area contributed by atoms with Crippen LogP contribution in [0.3, 0.4) is 0 Å². The van der Waals surface area contributed by atoms with E-state index in [0.29, 0.717) is 0 Å². The van der Waals surface area contributed by atoms with Gasteiger partial charge in [0.1, 0.15) is 6.29 Å². The summed E-state index contributed by atoms with van der Waals surface area (Å²) < 4.78 is 0. The van der Waals surface area contributed by atoms with Gasteiger partial charge in [-0.2, -0.15) is 0 Å². The average Bonchev–Trinajstić information content (AvgIpc) is 2.27. The first-order valence-electron chi connectivity index (χ1n) is 6.48. The summed E-state index contributed by atoms with van der Waals surface area (Å²) >= 11 is 0. The molecule has 1 aliphatic heterocycles. The lowest BCUT2D eigenvalue weighted by Crippen LogP contribution is -2.45. The van der Waals surface area contributed by atoms with Crippen molar-refractivity contribution in [3.63, 3.8) is 0 Å². The van der Waals surface area contributed by atoms with Crippen LogP contribution >= 0.6 is 0 Å². The Bertz CT molecular complexity index is 526. The molecule has 0 amide bonds. The van der Waals surface area contributed by atoms with Gasteiger partial charge < -0.3 is 4.90 Å². The molecule has 0 saturated carbocycles. The molecule has 18 heavy (non-hydrogen) atoms. The molecular weight excluding hydrogens is 222 g/mol. The van der Waals surface area contributed by atoms with E-state index in [1.165, 1.54) is 16.8 Å². The van der Waals surface area contributed by atoms with E-state index in [9.17, 15) is 4.79 Å². The first kappa shape index (κ1) is 12.9. The molecule has 0 radical (unpaired) electrons. The highest BCUT2D eigenvalue weighted by Gasteiger charge is 2.30. The van der Waals surface area contributed by atoms with Gasteiger partial charge in [0.2, 0.25) is 0 Å². The van der Waals surface area contributed by atoms with E-state index < -0.39 is 0 Å². The number of anilines is 1. The predicted molar refractivity (Wildman–Crippen MR) is 77.3 cm³/mol. The van der Waals surface area contributed by atoms with Gasteiger partial charge in [0.05, 0.1) is 5.54 Å². The van der Waals surface area contributed by atoms with Crippen LogP contribution in [0, 0.1) is 6.92 Å². The molecule has 0 saturated heterocycles. The molecule has 1 aromatic carbocycles. The number of hydrogen-bond acceptors (Lipinski definition) is 2. The minimum absolute atomic E-state index is 0.0287. The van der Waals surface area contributed by atoms with Crippen molar-refractivity contribution in [2.75, 3.05) is 11.4 Å². The van der Waals surface area contributed by atoms with Gasteiger partial charge in [0.15, 0.2) is 0 Å². The standard InChI is InChI=1S/C16H21NO/c1-6-17-15-7-11(2)13(10-18)8-14(15)12(3)9-16(17,4)5/h7-10H,6H2,1-5H3. The fourth-order valence-corrected chi connectivity index (χ4v) is 2.95. The molecule has 1 heterocycles. The van der Waals surface area contributed by atoms with Gasteiger partial charge in [-0.15, -0.1) is 0 Å². The number of fused-ring (bicyclic) bond motifs is 1. The van der Waals surface area contributed by atoms with E-state index in [2.05, 4.69) is 44.7 Å². The van der Waals surface area contributed by atoms with E-state index in [1.54, 1.807) is 0 Å². The second-order valence-electron chi connectivity index (χ2n) is 5.57. The number of carbonyl (C=O) groups is 1. The fraction of sp³-hybridized carbons (Fsp3) is 0.438. The third kappa shape index (κ3) is 1.86. The van der Waals surface area contributed by atoms with Crippen molar-refractivity contribution >= 4 is 17.5 Å². The summed E-state index contributed by atoms with van der Waals surface area (Å²) in [7, 11) is 0. The Kier molecular flexibility index (Phi) is 3.05. The molecule has 0 atom stereocenters. The minimum atomic E-state index is 0.0287. The molecule has 0 bridgehead atoms. The van der Waals surface area contributed by atoms with Crippen molar-refractivity contribution in [3.8, 4) is 0 Å². The first-order valence-corrected chi connectivity index (χ1v) is 6.48. The fourth-order valence-electron chi connectivity index (χ4n) is 2.95. The molecule has 2 heteroatoms. The normalized spacial score (nSPS) is 17.2. The number of benzene rings is 1. The number of aryl methyl sites for hydroxylation is 1. The van der Waals surface area contributed by atoms with Gasteiger partial charge in [0, 0.05) is 23.4 Å². The number of rotatable bonds is 2. The lowest BCUT2D eigenvalue weighted by Gasteiger charge is -2.43. The molecule has 0 spiro atoms. The van der Waals surface area contributed by atoms with Crippen LogP contribution < -0.4 is 4.90 Å².